The molecule has 0 radical (unpaired) electrons. The highest BCUT2D eigenvalue weighted by molar-refractivity contribution is 6.05. The summed E-state index contributed by atoms with van der Waals surface area (Å²) < 4.78 is 11.2. The van der Waals surface area contributed by atoms with Crippen molar-refractivity contribution in [3.8, 4) is 5.75 Å². The second-order valence-electron chi connectivity index (χ2n) is 5.93. The quantitative estimate of drug-likeness (QED) is 0.616. The summed E-state index contributed by atoms with van der Waals surface area (Å²) >= 11 is 0. The molecule has 98 valence electrons. The number of fused-ring (bicyclic) bond motifs is 3. The number of hydrogen-bond acceptors (Lipinski definition) is 2. The van der Waals surface area contributed by atoms with Crippen molar-refractivity contribution in [2.24, 2.45) is 0 Å². The number of methoxy groups -OCH3 is 1. The van der Waals surface area contributed by atoms with E-state index < -0.39 is 0 Å². The zero-order valence-corrected chi connectivity index (χ0v) is 11.8. The molecule has 3 aromatic rings. The molecule has 0 bridgehead atoms. The Bertz CT molecular complexity index is 745. The minimum atomic E-state index is 0.136. The summed E-state index contributed by atoms with van der Waals surface area (Å²) in [5.41, 5.74) is 3.28. The molecule has 0 aliphatic rings. The van der Waals surface area contributed by atoms with Crippen LogP contribution in [0.4, 0.5) is 0 Å². The van der Waals surface area contributed by atoms with Gasteiger partial charge >= 0.3 is 0 Å². The van der Waals surface area contributed by atoms with Gasteiger partial charge in [-0.05, 0) is 41.3 Å². The van der Waals surface area contributed by atoms with Crippen LogP contribution in [-0.2, 0) is 5.41 Å². The Kier molecular flexibility index (Phi) is 2.56. The zero-order chi connectivity index (χ0) is 13.6. The van der Waals surface area contributed by atoms with Crippen LogP contribution in [-0.4, -0.2) is 7.11 Å². The number of benzene rings is 2. The lowest BCUT2D eigenvalue weighted by molar-refractivity contribution is 0.415. The number of rotatable bonds is 1. The summed E-state index contributed by atoms with van der Waals surface area (Å²) in [5.74, 6) is 0.858. The molecule has 1 heterocycles. The summed E-state index contributed by atoms with van der Waals surface area (Å²) in [6, 6.07) is 12.3. The molecule has 0 fully saturated rings. The van der Waals surface area contributed by atoms with Crippen LogP contribution in [0.2, 0.25) is 0 Å². The number of ether oxygens (including phenoxy) is 1. The van der Waals surface area contributed by atoms with Crippen LogP contribution in [0.3, 0.4) is 0 Å². The number of furan rings is 1. The van der Waals surface area contributed by atoms with Crippen LogP contribution < -0.4 is 4.74 Å². The van der Waals surface area contributed by atoms with Gasteiger partial charge in [-0.1, -0.05) is 26.8 Å². The van der Waals surface area contributed by atoms with Crippen molar-refractivity contribution in [2.75, 3.05) is 7.11 Å². The molecule has 2 nitrogen and oxygen atoms in total. The van der Waals surface area contributed by atoms with Gasteiger partial charge in [0.25, 0.3) is 0 Å². The van der Waals surface area contributed by atoms with Crippen molar-refractivity contribution in [3.05, 3.63) is 42.0 Å². The first-order valence-corrected chi connectivity index (χ1v) is 6.50. The van der Waals surface area contributed by atoms with E-state index in [9.17, 15) is 0 Å². The van der Waals surface area contributed by atoms with E-state index >= 15 is 0 Å². The third kappa shape index (κ3) is 1.97. The predicted molar refractivity (Wildman–Crippen MR) is 79.0 cm³/mol. The monoisotopic (exact) mass is 254 g/mol. The van der Waals surface area contributed by atoms with Crippen LogP contribution in [0.5, 0.6) is 5.75 Å². The molecule has 0 saturated heterocycles. The van der Waals surface area contributed by atoms with Crippen LogP contribution in [0, 0.1) is 0 Å². The van der Waals surface area contributed by atoms with Gasteiger partial charge in [0.1, 0.15) is 16.9 Å². The van der Waals surface area contributed by atoms with Gasteiger partial charge in [-0.15, -0.1) is 0 Å². The fourth-order valence-electron chi connectivity index (χ4n) is 2.35. The molecule has 0 aliphatic heterocycles. The van der Waals surface area contributed by atoms with Gasteiger partial charge in [0, 0.05) is 10.8 Å². The minimum absolute atomic E-state index is 0.136. The van der Waals surface area contributed by atoms with Crippen LogP contribution in [0.15, 0.2) is 40.8 Å². The van der Waals surface area contributed by atoms with Crippen LogP contribution in [0.1, 0.15) is 26.3 Å². The van der Waals surface area contributed by atoms with Gasteiger partial charge in [-0.2, -0.15) is 0 Å². The van der Waals surface area contributed by atoms with Crippen molar-refractivity contribution >= 4 is 21.9 Å². The van der Waals surface area contributed by atoms with Crippen molar-refractivity contribution in [3.63, 3.8) is 0 Å². The molecule has 19 heavy (non-hydrogen) atoms. The molecule has 0 spiro atoms. The van der Waals surface area contributed by atoms with E-state index in [2.05, 4.69) is 39.0 Å². The fraction of sp³-hybridized carbons (Fsp3) is 0.294. The molecule has 0 aliphatic carbocycles. The van der Waals surface area contributed by atoms with Crippen molar-refractivity contribution in [1.29, 1.82) is 0 Å². The van der Waals surface area contributed by atoms with E-state index in [1.54, 1.807) is 7.11 Å². The SMILES string of the molecule is COc1ccc2oc3ccc(C(C)(C)C)cc3c2c1. The Hall–Kier alpha value is -1.96. The largest absolute Gasteiger partial charge is 0.497 e. The van der Waals surface area contributed by atoms with Crippen molar-refractivity contribution in [2.45, 2.75) is 26.2 Å². The highest BCUT2D eigenvalue weighted by atomic mass is 16.5. The Morgan fingerprint density at radius 3 is 2.16 bits per heavy atom. The molecule has 0 N–H and O–H groups in total. The molecule has 1 aromatic heterocycles. The van der Waals surface area contributed by atoms with E-state index in [0.717, 1.165) is 27.7 Å². The maximum absolute atomic E-state index is 5.86. The van der Waals surface area contributed by atoms with E-state index in [0.29, 0.717) is 0 Å². The van der Waals surface area contributed by atoms with Gasteiger partial charge in [-0.25, -0.2) is 0 Å². The lowest BCUT2D eigenvalue weighted by Crippen LogP contribution is -2.10. The lowest BCUT2D eigenvalue weighted by Gasteiger charge is -2.18. The second-order valence-corrected chi connectivity index (χ2v) is 5.93. The first kappa shape index (κ1) is 12.1. The Morgan fingerprint density at radius 2 is 1.53 bits per heavy atom. The van der Waals surface area contributed by atoms with Gasteiger partial charge in [0.05, 0.1) is 7.11 Å². The average molecular weight is 254 g/mol. The predicted octanol–water partition coefficient (Wildman–Crippen LogP) is 4.89. The molecule has 2 aromatic carbocycles. The van der Waals surface area contributed by atoms with Crippen molar-refractivity contribution < 1.29 is 9.15 Å². The maximum atomic E-state index is 5.86. The average Bonchev–Trinajstić information content (AvgIpc) is 2.74. The number of hydrogen-bond donors (Lipinski definition) is 0. The fourth-order valence-corrected chi connectivity index (χ4v) is 2.35. The van der Waals surface area contributed by atoms with Gasteiger partial charge in [0.2, 0.25) is 0 Å². The summed E-state index contributed by atoms with van der Waals surface area (Å²) in [6.45, 7) is 6.66. The molecular formula is C17H18O2. The first-order valence-electron chi connectivity index (χ1n) is 6.50. The van der Waals surface area contributed by atoms with Gasteiger partial charge < -0.3 is 9.15 Å². The van der Waals surface area contributed by atoms with Crippen LogP contribution in [0.25, 0.3) is 21.9 Å². The summed E-state index contributed by atoms with van der Waals surface area (Å²) in [4.78, 5) is 0. The molecular weight excluding hydrogens is 236 g/mol. The molecule has 0 saturated carbocycles. The highest BCUT2D eigenvalue weighted by Crippen LogP contribution is 2.34. The third-order valence-electron chi connectivity index (χ3n) is 3.54. The minimum Gasteiger partial charge on any atom is -0.497 e. The van der Waals surface area contributed by atoms with E-state index in [4.69, 9.17) is 9.15 Å². The first-order chi connectivity index (χ1) is 8.99. The Labute approximate surface area is 113 Å². The zero-order valence-electron chi connectivity index (χ0n) is 11.8. The molecule has 3 rings (SSSR count). The summed E-state index contributed by atoms with van der Waals surface area (Å²) in [5, 5.41) is 2.27. The second kappa shape index (κ2) is 4.02. The van der Waals surface area contributed by atoms with Crippen molar-refractivity contribution in [1.82, 2.24) is 0 Å². The molecule has 2 heteroatoms. The standard InChI is InChI=1S/C17H18O2/c1-17(2,3)11-5-7-15-13(9-11)14-10-12(18-4)6-8-16(14)19-15/h5-10H,1-4H3. The van der Waals surface area contributed by atoms with E-state index in [1.807, 2.05) is 18.2 Å². The lowest BCUT2D eigenvalue weighted by atomic mass is 9.86. The normalized spacial score (nSPS) is 12.2. The maximum Gasteiger partial charge on any atom is 0.135 e. The summed E-state index contributed by atoms with van der Waals surface area (Å²) in [6.07, 6.45) is 0. The smallest absolute Gasteiger partial charge is 0.135 e. The van der Waals surface area contributed by atoms with E-state index in [-0.39, 0.29) is 5.41 Å². The topological polar surface area (TPSA) is 22.4 Å². The Balaban J connectivity index is 2.33. The third-order valence-corrected chi connectivity index (χ3v) is 3.54. The van der Waals surface area contributed by atoms with Crippen LogP contribution >= 0.6 is 0 Å². The Morgan fingerprint density at radius 1 is 0.895 bits per heavy atom. The summed E-state index contributed by atoms with van der Waals surface area (Å²) in [7, 11) is 1.68. The molecule has 0 atom stereocenters. The highest BCUT2D eigenvalue weighted by Gasteiger charge is 2.16. The van der Waals surface area contributed by atoms with Gasteiger partial charge in [0.15, 0.2) is 0 Å². The van der Waals surface area contributed by atoms with Gasteiger partial charge in [-0.3, -0.25) is 0 Å². The molecule has 0 amide bonds. The molecule has 0 unspecified atom stereocenters. The van der Waals surface area contributed by atoms with E-state index in [1.165, 1.54) is 5.56 Å².